The molecule has 1 heterocycles. The van der Waals surface area contributed by atoms with E-state index in [1.54, 1.807) is 0 Å². The minimum atomic E-state index is -0.482. The molecule has 2 unspecified atom stereocenters. The number of hydrogen-bond donors (Lipinski definition) is 0. The summed E-state index contributed by atoms with van der Waals surface area (Å²) in [6.07, 6.45) is 9.36. The van der Waals surface area contributed by atoms with Gasteiger partial charge in [-0.3, -0.25) is 0 Å². The minimum absolute atomic E-state index is 0.0429. The smallest absolute Gasteiger partial charge is 0.139 e. The molecule has 0 N–H and O–H groups in total. The van der Waals surface area contributed by atoms with Crippen molar-refractivity contribution < 1.29 is 4.74 Å². The summed E-state index contributed by atoms with van der Waals surface area (Å²) < 4.78 is 7.23. The maximum absolute atomic E-state index is 7.23. The molecule has 4 aliphatic rings. The van der Waals surface area contributed by atoms with Crippen LogP contribution >= 0.6 is 0 Å². The van der Waals surface area contributed by atoms with Gasteiger partial charge in [-0.05, 0) is 109 Å². The van der Waals surface area contributed by atoms with Crippen LogP contribution in [0.5, 0.6) is 11.5 Å². The molecule has 0 saturated carbocycles. The molecule has 0 amide bonds. The lowest BCUT2D eigenvalue weighted by Gasteiger charge is -2.43. The Morgan fingerprint density at radius 3 is 1.68 bits per heavy atom. The van der Waals surface area contributed by atoms with Gasteiger partial charge in [-0.1, -0.05) is 208 Å². The molecule has 1 aliphatic heterocycles. The van der Waals surface area contributed by atoms with Gasteiger partial charge in [-0.25, -0.2) is 0 Å². The molecular formula is C66H47NO. The maximum atomic E-state index is 7.23. The van der Waals surface area contributed by atoms with Crippen molar-refractivity contribution >= 4 is 38.6 Å². The number of rotatable bonds is 5. The predicted octanol–water partition coefficient (Wildman–Crippen LogP) is 17.4. The number of benzene rings is 10. The number of nitrogens with zero attached hydrogens (tertiary/aromatic N) is 1. The molecule has 3 aliphatic carbocycles. The zero-order chi connectivity index (χ0) is 45.1. The second-order valence-electron chi connectivity index (χ2n) is 19.5. The van der Waals surface area contributed by atoms with E-state index in [1.807, 2.05) is 0 Å². The topological polar surface area (TPSA) is 12.5 Å². The first kappa shape index (κ1) is 39.0. The first-order valence-corrected chi connectivity index (χ1v) is 24.0. The van der Waals surface area contributed by atoms with Crippen molar-refractivity contribution in [2.75, 3.05) is 4.90 Å². The fourth-order valence-electron chi connectivity index (χ4n) is 12.7. The lowest BCUT2D eigenvalue weighted by molar-refractivity contribution is 0.380. The first-order valence-electron chi connectivity index (χ1n) is 24.0. The van der Waals surface area contributed by atoms with Crippen molar-refractivity contribution in [2.24, 2.45) is 5.92 Å². The quantitative estimate of drug-likeness (QED) is 0.171. The first-order chi connectivity index (χ1) is 33.5. The van der Waals surface area contributed by atoms with E-state index in [9.17, 15) is 0 Å². The van der Waals surface area contributed by atoms with Crippen LogP contribution in [0.1, 0.15) is 53.1 Å². The van der Waals surface area contributed by atoms with E-state index in [2.05, 4.69) is 255 Å². The maximum Gasteiger partial charge on any atom is 0.139 e. The van der Waals surface area contributed by atoms with Crippen molar-refractivity contribution in [1.29, 1.82) is 0 Å². The summed E-state index contributed by atoms with van der Waals surface area (Å²) in [4.78, 5) is 2.37. The van der Waals surface area contributed by atoms with E-state index in [1.165, 1.54) is 77.5 Å². The van der Waals surface area contributed by atoms with Gasteiger partial charge >= 0.3 is 0 Å². The molecule has 0 fully saturated rings. The van der Waals surface area contributed by atoms with Gasteiger partial charge in [0.25, 0.3) is 0 Å². The third-order valence-corrected chi connectivity index (χ3v) is 15.8. The molecule has 10 aromatic carbocycles. The second kappa shape index (κ2) is 14.6. The molecule has 0 radical (unpaired) electrons. The van der Waals surface area contributed by atoms with Gasteiger partial charge in [0.2, 0.25) is 0 Å². The van der Waals surface area contributed by atoms with Crippen LogP contribution in [0.15, 0.2) is 237 Å². The minimum Gasteiger partial charge on any atom is -0.455 e. The molecule has 1 spiro atoms. The highest BCUT2D eigenvalue weighted by atomic mass is 16.5. The average Bonchev–Trinajstić information content (AvgIpc) is 3.82. The Morgan fingerprint density at radius 2 is 0.971 bits per heavy atom. The summed E-state index contributed by atoms with van der Waals surface area (Å²) in [6, 6.07) is 78.7. The summed E-state index contributed by atoms with van der Waals surface area (Å²) in [7, 11) is 0. The monoisotopic (exact) mass is 869 g/mol. The lowest BCUT2D eigenvalue weighted by Crippen LogP contribution is -2.37. The van der Waals surface area contributed by atoms with Gasteiger partial charge in [0, 0.05) is 56.2 Å². The largest absolute Gasteiger partial charge is 0.455 e. The van der Waals surface area contributed by atoms with Crippen LogP contribution in [0.2, 0.25) is 0 Å². The summed E-state index contributed by atoms with van der Waals surface area (Å²) >= 11 is 0. The Hall–Kier alpha value is -8.20. The molecule has 2 nitrogen and oxygen atoms in total. The van der Waals surface area contributed by atoms with Crippen LogP contribution in [-0.2, 0) is 10.8 Å². The molecule has 2 heteroatoms. The molecule has 0 saturated heterocycles. The molecule has 0 aromatic heterocycles. The molecule has 322 valence electrons. The molecule has 2 atom stereocenters. The number of anilines is 3. The van der Waals surface area contributed by atoms with E-state index < -0.39 is 5.41 Å². The molecular weight excluding hydrogens is 823 g/mol. The third-order valence-electron chi connectivity index (χ3n) is 15.8. The van der Waals surface area contributed by atoms with Gasteiger partial charge in [0.05, 0.1) is 5.41 Å². The van der Waals surface area contributed by atoms with Crippen LogP contribution in [-0.4, -0.2) is 0 Å². The number of hydrogen-bond acceptors (Lipinski definition) is 2. The Balaban J connectivity index is 0.886. The van der Waals surface area contributed by atoms with Gasteiger partial charge in [-0.2, -0.15) is 0 Å². The van der Waals surface area contributed by atoms with Crippen molar-refractivity contribution in [1.82, 2.24) is 0 Å². The molecule has 68 heavy (non-hydrogen) atoms. The Bertz CT molecular complexity index is 3660. The van der Waals surface area contributed by atoms with Crippen molar-refractivity contribution in [3.8, 4) is 44.9 Å². The summed E-state index contributed by atoms with van der Waals surface area (Å²) in [5, 5.41) is 4.66. The zero-order valence-electron chi connectivity index (χ0n) is 38.0. The van der Waals surface area contributed by atoms with E-state index in [-0.39, 0.29) is 17.3 Å². The zero-order valence-corrected chi connectivity index (χ0v) is 38.0. The van der Waals surface area contributed by atoms with Gasteiger partial charge in [0.1, 0.15) is 11.5 Å². The van der Waals surface area contributed by atoms with E-state index in [0.717, 1.165) is 39.3 Å². The Kier molecular flexibility index (Phi) is 8.40. The van der Waals surface area contributed by atoms with E-state index in [4.69, 9.17) is 4.74 Å². The van der Waals surface area contributed by atoms with Crippen LogP contribution in [0.3, 0.4) is 0 Å². The fraction of sp³-hybridized carbons (Fsp3) is 0.0909. The SMILES string of the molecule is CC1(C)c2ccccc2-c2c(-c3ccc(N(c4ccccc4)c4ccc(-c5ccc6c(c5)C5(c7ccc8ccccc8c7Oc7c5ccc5ccccc75)C5C=CC=CC65)cc4)cc3)cccc21. The second-order valence-corrected chi connectivity index (χ2v) is 19.5. The molecule has 0 bridgehead atoms. The van der Waals surface area contributed by atoms with Gasteiger partial charge in [-0.15, -0.1) is 0 Å². The van der Waals surface area contributed by atoms with Crippen LogP contribution in [0.4, 0.5) is 17.1 Å². The van der Waals surface area contributed by atoms with Crippen LogP contribution in [0.25, 0.3) is 54.9 Å². The van der Waals surface area contributed by atoms with E-state index in [0.29, 0.717) is 0 Å². The van der Waals surface area contributed by atoms with Crippen molar-refractivity contribution in [3.05, 3.63) is 270 Å². The highest BCUT2D eigenvalue weighted by molar-refractivity contribution is 5.98. The standard InChI is InChI=1S/C66H47NO/c1-65(2)56-24-12-11-22-55(56)62-50(23-14-26-58(62)65)45-29-36-49(37-30-45)67(47-17-4-3-5-18-47)48-34-27-42(28-35-48)46-31-38-54-53-21-10-13-25-57(53)66(61(54)41-46)59-39-32-43-15-6-8-19-51(43)63(59)68-64-52-20-9-7-16-44(52)33-40-60(64)66/h3-41,53,57H,1-2H3. The summed E-state index contributed by atoms with van der Waals surface area (Å²) in [6.45, 7) is 4.70. The van der Waals surface area contributed by atoms with Crippen LogP contribution < -0.4 is 9.64 Å². The number of fused-ring (bicyclic) bond motifs is 16. The summed E-state index contributed by atoms with van der Waals surface area (Å²) in [5.41, 5.74) is 18.4. The number of allylic oxidation sites excluding steroid dienone is 4. The van der Waals surface area contributed by atoms with Crippen LogP contribution in [0, 0.1) is 5.92 Å². The normalized spacial score (nSPS) is 17.2. The Labute approximate surface area is 397 Å². The number of para-hydroxylation sites is 1. The highest BCUT2D eigenvalue weighted by Crippen LogP contribution is 2.66. The highest BCUT2D eigenvalue weighted by Gasteiger charge is 2.57. The third kappa shape index (κ3) is 5.46. The van der Waals surface area contributed by atoms with Gasteiger partial charge < -0.3 is 9.64 Å². The summed E-state index contributed by atoms with van der Waals surface area (Å²) in [5.74, 6) is 2.32. The number of ether oxygens (including phenoxy) is 1. The Morgan fingerprint density at radius 1 is 0.412 bits per heavy atom. The lowest BCUT2D eigenvalue weighted by atomic mass is 9.61. The van der Waals surface area contributed by atoms with Crippen molar-refractivity contribution in [3.63, 3.8) is 0 Å². The average molecular weight is 870 g/mol. The predicted molar refractivity (Wildman–Crippen MR) is 282 cm³/mol. The van der Waals surface area contributed by atoms with Crippen molar-refractivity contribution in [2.45, 2.75) is 30.6 Å². The van der Waals surface area contributed by atoms with E-state index >= 15 is 0 Å². The fourth-order valence-corrected chi connectivity index (χ4v) is 12.7. The molecule has 10 aromatic rings. The molecule has 14 rings (SSSR count). The van der Waals surface area contributed by atoms with Gasteiger partial charge in [0.15, 0.2) is 0 Å².